The van der Waals surface area contributed by atoms with Crippen LogP contribution in [0.15, 0.2) is 29.1 Å². The van der Waals surface area contributed by atoms with Crippen LogP contribution in [0.2, 0.25) is 0 Å². The lowest BCUT2D eigenvalue weighted by molar-refractivity contribution is -0.138. The summed E-state index contributed by atoms with van der Waals surface area (Å²) >= 11 is 0. The van der Waals surface area contributed by atoms with E-state index in [0.29, 0.717) is 62.4 Å². The molecule has 3 rings (SSSR count). The number of carboxylic acids is 1. The second-order valence-corrected chi connectivity index (χ2v) is 9.90. The van der Waals surface area contributed by atoms with Crippen LogP contribution < -0.4 is 16.2 Å². The molecule has 0 saturated heterocycles. The number of amides is 1. The van der Waals surface area contributed by atoms with E-state index in [-0.39, 0.29) is 23.4 Å². The molecule has 12 nitrogen and oxygen atoms in total. The van der Waals surface area contributed by atoms with Crippen molar-refractivity contribution in [2.45, 2.75) is 58.5 Å². The molecule has 0 bridgehead atoms. The Balaban J connectivity index is 1.75. The van der Waals surface area contributed by atoms with Gasteiger partial charge in [-0.3, -0.25) is 14.2 Å². The molecule has 39 heavy (non-hydrogen) atoms. The first-order valence-electron chi connectivity index (χ1n) is 13.2. The molecule has 0 aliphatic carbocycles. The number of benzene rings is 1. The largest absolute Gasteiger partial charge is 0.481 e. The first kappa shape index (κ1) is 29.6. The lowest BCUT2D eigenvalue weighted by Crippen LogP contribution is -2.34. The quantitative estimate of drug-likeness (QED) is 0.246. The maximum atomic E-state index is 13.1. The number of aromatic nitrogens is 4. The van der Waals surface area contributed by atoms with Gasteiger partial charge >= 0.3 is 17.7 Å². The van der Waals surface area contributed by atoms with Crippen molar-refractivity contribution in [1.29, 1.82) is 0 Å². The average molecular weight is 542 g/mol. The first-order chi connectivity index (χ1) is 18.6. The fraction of sp³-hybridized carbons (Fsp3) is 0.519. The molecule has 1 aromatic carbocycles. The summed E-state index contributed by atoms with van der Waals surface area (Å²) in [6.07, 6.45) is 2.67. The maximum absolute atomic E-state index is 13.1. The van der Waals surface area contributed by atoms with E-state index in [0.717, 1.165) is 18.4 Å². The van der Waals surface area contributed by atoms with Crippen LogP contribution in [0.1, 0.15) is 56.6 Å². The summed E-state index contributed by atoms with van der Waals surface area (Å²) in [7, 11) is 3.83. The smallest absolute Gasteiger partial charge is 0.327 e. The summed E-state index contributed by atoms with van der Waals surface area (Å²) in [4.78, 5) is 52.1. The zero-order valence-corrected chi connectivity index (χ0v) is 23.1. The van der Waals surface area contributed by atoms with Crippen LogP contribution in [-0.2, 0) is 22.7 Å². The van der Waals surface area contributed by atoms with Crippen molar-refractivity contribution >= 4 is 28.9 Å². The molecule has 0 fully saturated rings. The number of imidazole rings is 1. The van der Waals surface area contributed by atoms with Crippen LogP contribution in [0, 0.1) is 0 Å². The Morgan fingerprint density at radius 1 is 1.15 bits per heavy atom. The number of H-pyrrole nitrogens is 1. The number of aliphatic carboxylic acids is 1. The van der Waals surface area contributed by atoms with Crippen LogP contribution >= 0.6 is 0 Å². The van der Waals surface area contributed by atoms with Gasteiger partial charge in [-0.05, 0) is 45.0 Å². The summed E-state index contributed by atoms with van der Waals surface area (Å²) in [6, 6.07) is 7.40. The molecule has 2 heterocycles. The van der Waals surface area contributed by atoms with Crippen molar-refractivity contribution in [1.82, 2.24) is 29.3 Å². The number of nitrogens with two attached hydrogens (primary N) is 1. The van der Waals surface area contributed by atoms with Crippen molar-refractivity contribution in [2.24, 2.45) is 0 Å². The molecule has 3 aromatic rings. The van der Waals surface area contributed by atoms with E-state index in [1.54, 1.807) is 24.0 Å². The molecule has 0 spiro atoms. The molecule has 0 aliphatic heterocycles. The third-order valence-corrected chi connectivity index (χ3v) is 6.52. The minimum absolute atomic E-state index is 0.00358. The number of aryl methyl sites for hydroxylation is 1. The van der Waals surface area contributed by atoms with Gasteiger partial charge in [-0.2, -0.15) is 9.97 Å². The SMILES string of the molecule is CCCCOc1nc(N)c2[nH]c(=O)n(CCCN(Cc3ccc(C(C)C(=O)O)cc3)C(=O)CCN(C)C)c2n1. The zero-order chi connectivity index (χ0) is 28.5. The number of ether oxygens (including phenoxy) is 1. The lowest BCUT2D eigenvalue weighted by atomic mass is 10.00. The zero-order valence-electron chi connectivity index (χ0n) is 23.1. The Bertz CT molecular complexity index is 1320. The predicted octanol–water partition coefficient (Wildman–Crippen LogP) is 2.44. The summed E-state index contributed by atoms with van der Waals surface area (Å²) in [6.45, 7) is 5.87. The van der Waals surface area contributed by atoms with Gasteiger partial charge in [-0.15, -0.1) is 0 Å². The van der Waals surface area contributed by atoms with Crippen LogP contribution in [0.3, 0.4) is 0 Å². The molecule has 4 N–H and O–H groups in total. The van der Waals surface area contributed by atoms with Crippen molar-refractivity contribution in [3.63, 3.8) is 0 Å². The number of carboxylic acid groups (broad SMARTS) is 1. The molecular formula is C27H39N7O5. The van der Waals surface area contributed by atoms with Gasteiger partial charge in [-0.1, -0.05) is 37.6 Å². The number of nitrogens with zero attached hydrogens (tertiary/aromatic N) is 5. The molecule has 212 valence electrons. The minimum Gasteiger partial charge on any atom is -0.481 e. The summed E-state index contributed by atoms with van der Waals surface area (Å²) in [5.74, 6) is -1.36. The van der Waals surface area contributed by atoms with Crippen molar-refractivity contribution in [2.75, 3.05) is 39.5 Å². The number of fused-ring (bicyclic) bond motifs is 1. The Labute approximate surface area is 227 Å². The minimum atomic E-state index is -0.887. The molecule has 12 heteroatoms. The van der Waals surface area contributed by atoms with Gasteiger partial charge in [0.1, 0.15) is 5.52 Å². The number of carbonyl (C=O) groups excluding carboxylic acids is 1. The Kier molecular flexibility index (Phi) is 10.4. The molecular weight excluding hydrogens is 502 g/mol. The Morgan fingerprint density at radius 3 is 2.51 bits per heavy atom. The number of unbranched alkanes of at least 4 members (excludes halogenated alkanes) is 1. The fourth-order valence-corrected chi connectivity index (χ4v) is 4.07. The third-order valence-electron chi connectivity index (χ3n) is 6.52. The molecule has 1 unspecified atom stereocenters. The molecule has 1 atom stereocenters. The predicted molar refractivity (Wildman–Crippen MR) is 149 cm³/mol. The highest BCUT2D eigenvalue weighted by Gasteiger charge is 2.18. The van der Waals surface area contributed by atoms with Gasteiger partial charge in [0.25, 0.3) is 0 Å². The van der Waals surface area contributed by atoms with Gasteiger partial charge in [0.15, 0.2) is 11.5 Å². The third kappa shape index (κ3) is 8.03. The molecule has 0 aliphatic rings. The number of aromatic amines is 1. The summed E-state index contributed by atoms with van der Waals surface area (Å²) < 4.78 is 7.09. The molecule has 1 amide bonds. The normalized spacial score (nSPS) is 12.1. The van der Waals surface area contributed by atoms with Gasteiger partial charge in [-0.25, -0.2) is 4.79 Å². The van der Waals surface area contributed by atoms with Crippen molar-refractivity contribution in [3.8, 4) is 6.01 Å². The van der Waals surface area contributed by atoms with E-state index in [2.05, 4.69) is 21.9 Å². The number of anilines is 1. The standard InChI is InChI=1S/C27H39N7O5/c1-5-6-16-39-26-30-23(28)22-24(31-26)34(27(38)29-22)14-7-13-33(21(35)12-15-32(3)4)17-19-8-10-20(11-9-19)18(2)25(36)37/h8-11,18H,5-7,12-17H2,1-4H3,(H,29,38)(H,36,37)(H2,28,30,31). The van der Waals surface area contributed by atoms with E-state index >= 15 is 0 Å². The number of nitrogens with one attached hydrogen (secondary N) is 1. The number of rotatable bonds is 15. The number of hydrogen-bond acceptors (Lipinski definition) is 8. The first-order valence-corrected chi connectivity index (χ1v) is 13.2. The lowest BCUT2D eigenvalue weighted by Gasteiger charge is -2.24. The summed E-state index contributed by atoms with van der Waals surface area (Å²) in [5, 5.41) is 9.26. The summed E-state index contributed by atoms with van der Waals surface area (Å²) in [5.41, 5.74) is 8.02. The highest BCUT2D eigenvalue weighted by Crippen LogP contribution is 2.19. The van der Waals surface area contributed by atoms with Gasteiger partial charge < -0.3 is 30.4 Å². The van der Waals surface area contributed by atoms with E-state index in [9.17, 15) is 19.5 Å². The molecule has 2 aromatic heterocycles. The van der Waals surface area contributed by atoms with Crippen LogP contribution in [0.25, 0.3) is 11.2 Å². The number of hydrogen-bond donors (Lipinski definition) is 3. The molecule has 0 radical (unpaired) electrons. The van der Waals surface area contributed by atoms with Crippen LogP contribution in [0.4, 0.5) is 5.82 Å². The second-order valence-electron chi connectivity index (χ2n) is 9.90. The van der Waals surface area contributed by atoms with E-state index < -0.39 is 11.9 Å². The Hall–Kier alpha value is -3.93. The highest BCUT2D eigenvalue weighted by molar-refractivity contribution is 5.82. The van der Waals surface area contributed by atoms with Crippen LogP contribution in [-0.4, -0.2) is 80.1 Å². The fourth-order valence-electron chi connectivity index (χ4n) is 4.07. The van der Waals surface area contributed by atoms with E-state index in [1.807, 2.05) is 31.1 Å². The molecule has 0 saturated carbocycles. The van der Waals surface area contributed by atoms with Crippen molar-refractivity contribution < 1.29 is 19.4 Å². The van der Waals surface area contributed by atoms with Gasteiger partial charge in [0.05, 0.1) is 12.5 Å². The highest BCUT2D eigenvalue weighted by atomic mass is 16.5. The maximum Gasteiger partial charge on any atom is 0.327 e. The van der Waals surface area contributed by atoms with Gasteiger partial charge in [0, 0.05) is 32.6 Å². The second kappa shape index (κ2) is 13.7. The van der Waals surface area contributed by atoms with Crippen LogP contribution in [0.5, 0.6) is 6.01 Å². The topological polar surface area (TPSA) is 160 Å². The van der Waals surface area contributed by atoms with Crippen molar-refractivity contribution in [3.05, 3.63) is 45.9 Å². The number of carbonyl (C=O) groups is 2. The monoisotopic (exact) mass is 541 g/mol. The average Bonchev–Trinajstić information content (AvgIpc) is 3.22. The number of nitrogen functional groups attached to an aromatic ring is 1. The van der Waals surface area contributed by atoms with E-state index in [4.69, 9.17) is 10.5 Å². The van der Waals surface area contributed by atoms with E-state index in [1.165, 1.54) is 4.57 Å². The Morgan fingerprint density at radius 2 is 1.87 bits per heavy atom. The van der Waals surface area contributed by atoms with Gasteiger partial charge in [0.2, 0.25) is 5.91 Å².